The molecule has 204 valence electrons. The summed E-state index contributed by atoms with van der Waals surface area (Å²) in [6.07, 6.45) is 0. The summed E-state index contributed by atoms with van der Waals surface area (Å²) in [7, 11) is 0. The van der Waals surface area contributed by atoms with Gasteiger partial charge in [0.2, 0.25) is 0 Å². The van der Waals surface area contributed by atoms with Crippen molar-refractivity contribution in [1.29, 1.82) is 0 Å². The number of nitrogens with zero attached hydrogens (tertiary/aromatic N) is 2. The van der Waals surface area contributed by atoms with Crippen LogP contribution in [0, 0.1) is 25.7 Å². The summed E-state index contributed by atoms with van der Waals surface area (Å²) in [5.41, 5.74) is 2.15. The zero-order valence-electron chi connectivity index (χ0n) is 20.1. The Balaban J connectivity index is 1.60. The number of hydrogen-bond donors (Lipinski definition) is 0. The maximum atomic E-state index is 13.9. The smallest absolute Gasteiger partial charge is 0.273 e. The summed E-state index contributed by atoms with van der Waals surface area (Å²) in [5, 5.41) is 1.15. The fraction of sp³-hybridized carbons (Fsp3) is 0.308. The number of carbonyl (C=O) groups is 4. The van der Waals surface area contributed by atoms with Gasteiger partial charge in [0, 0.05) is 16.1 Å². The van der Waals surface area contributed by atoms with Gasteiger partial charge in [-0.2, -0.15) is 5.01 Å². The van der Waals surface area contributed by atoms with Crippen molar-refractivity contribution in [1.82, 2.24) is 10.0 Å². The molecule has 0 N–H and O–H groups in total. The second-order valence-electron chi connectivity index (χ2n) is 9.66. The molecule has 0 radical (unpaired) electrons. The Hall–Kier alpha value is -1.51. The highest BCUT2D eigenvalue weighted by Crippen LogP contribution is 2.77. The van der Waals surface area contributed by atoms with Crippen LogP contribution in [0.25, 0.3) is 0 Å². The van der Waals surface area contributed by atoms with Crippen molar-refractivity contribution in [3.63, 3.8) is 0 Å². The number of rotatable bonds is 5. The molecule has 2 aliphatic carbocycles. The highest BCUT2D eigenvalue weighted by atomic mass is 35.5. The van der Waals surface area contributed by atoms with Crippen LogP contribution in [-0.4, -0.2) is 54.1 Å². The standard InChI is InChI=1S/C26H17Cl7N2O4/c1-11-3-4-14(9-12(11)2)16(36)10-34(21(37)13-5-7-15(27)8-6-13)35-22(38)17-18(23(35)39)25(31)20(29)19(28)24(17,30)26(25,32)33/h3-9,17-18H,10H2,1-2H3/t17-,18+,24-,25-/m1/s1. The van der Waals surface area contributed by atoms with Crippen molar-refractivity contribution in [2.45, 2.75) is 27.9 Å². The predicted octanol–water partition coefficient (Wildman–Crippen LogP) is 6.64. The van der Waals surface area contributed by atoms with E-state index in [-0.39, 0.29) is 21.2 Å². The van der Waals surface area contributed by atoms with E-state index in [1.165, 1.54) is 24.3 Å². The van der Waals surface area contributed by atoms with Gasteiger partial charge in [0.05, 0.1) is 21.9 Å². The molecule has 2 aromatic rings. The normalized spacial score (nSPS) is 28.8. The van der Waals surface area contributed by atoms with E-state index < -0.39 is 56.0 Å². The minimum Gasteiger partial charge on any atom is -0.292 e. The third-order valence-electron chi connectivity index (χ3n) is 7.57. The molecule has 4 atom stereocenters. The molecular formula is C26H17Cl7N2O4. The van der Waals surface area contributed by atoms with Gasteiger partial charge in [0.25, 0.3) is 17.7 Å². The molecule has 1 aliphatic heterocycles. The quantitative estimate of drug-likeness (QED) is 0.203. The number of Topliss-reactive ketones (excluding diaryl/α,β-unsaturated/α-hetero) is 1. The largest absolute Gasteiger partial charge is 0.292 e. The summed E-state index contributed by atoms with van der Waals surface area (Å²) in [4.78, 5) is 50.8. The van der Waals surface area contributed by atoms with Crippen LogP contribution in [0.4, 0.5) is 0 Å². The first kappa shape index (κ1) is 29.0. The van der Waals surface area contributed by atoms with Crippen LogP contribution >= 0.6 is 81.2 Å². The SMILES string of the molecule is Cc1ccc(C(=O)CN(C(=O)c2ccc(Cl)cc2)N2C(=O)[C@@H]3[C@H](C2=O)[C@@]2(Cl)C(Cl)=C(Cl)[C@@]3(Cl)C2(Cl)Cl)cc1C. The molecule has 1 saturated carbocycles. The molecule has 0 unspecified atom stereocenters. The minimum atomic E-state index is -2.13. The molecule has 13 heteroatoms. The maximum absolute atomic E-state index is 13.9. The van der Waals surface area contributed by atoms with Gasteiger partial charge in [0.15, 0.2) is 10.1 Å². The average molecular weight is 670 g/mol. The van der Waals surface area contributed by atoms with Gasteiger partial charge in [-0.1, -0.05) is 70.1 Å². The molecule has 1 saturated heterocycles. The van der Waals surface area contributed by atoms with Crippen molar-refractivity contribution in [2.24, 2.45) is 11.8 Å². The molecule has 5 rings (SSSR count). The zero-order chi connectivity index (χ0) is 28.8. The first-order chi connectivity index (χ1) is 18.1. The number of allylic oxidation sites excluding steroid dienone is 2. The van der Waals surface area contributed by atoms with E-state index in [1.807, 2.05) is 13.8 Å². The Morgan fingerprint density at radius 2 is 1.28 bits per heavy atom. The van der Waals surface area contributed by atoms with Crippen LogP contribution in [0.3, 0.4) is 0 Å². The number of ketones is 1. The van der Waals surface area contributed by atoms with Crippen LogP contribution in [0.1, 0.15) is 31.8 Å². The topological polar surface area (TPSA) is 74.8 Å². The molecule has 1 heterocycles. The predicted molar refractivity (Wildman–Crippen MR) is 152 cm³/mol. The number of fused-ring (bicyclic) bond motifs is 5. The average Bonchev–Trinajstić information content (AvgIpc) is 3.27. The molecule has 2 aromatic carbocycles. The van der Waals surface area contributed by atoms with Crippen molar-refractivity contribution < 1.29 is 19.2 Å². The highest BCUT2D eigenvalue weighted by Gasteiger charge is 2.88. The van der Waals surface area contributed by atoms with Crippen molar-refractivity contribution >= 4 is 105 Å². The summed E-state index contributed by atoms with van der Waals surface area (Å²) >= 11 is 45.4. The second kappa shape index (κ2) is 9.52. The fourth-order valence-electron chi connectivity index (χ4n) is 5.34. The molecule has 6 nitrogen and oxygen atoms in total. The molecule has 3 amide bonds. The van der Waals surface area contributed by atoms with E-state index in [9.17, 15) is 19.2 Å². The number of aryl methyl sites for hydroxylation is 2. The van der Waals surface area contributed by atoms with Crippen molar-refractivity contribution in [3.05, 3.63) is 79.8 Å². The van der Waals surface area contributed by atoms with Gasteiger partial charge in [-0.15, -0.1) is 23.2 Å². The third kappa shape index (κ3) is 3.76. The minimum absolute atomic E-state index is 0.0623. The van der Waals surface area contributed by atoms with E-state index in [0.29, 0.717) is 10.0 Å². The van der Waals surface area contributed by atoms with Crippen LogP contribution in [0.2, 0.25) is 5.02 Å². The molecular weight excluding hydrogens is 652 g/mol. The Kier molecular flexibility index (Phi) is 7.08. The van der Waals surface area contributed by atoms with Gasteiger partial charge < -0.3 is 0 Å². The summed E-state index contributed by atoms with van der Waals surface area (Å²) in [6, 6.07) is 10.7. The van der Waals surface area contributed by atoms with Gasteiger partial charge in [-0.05, 0) is 55.3 Å². The monoisotopic (exact) mass is 666 g/mol. The lowest BCUT2D eigenvalue weighted by Crippen LogP contribution is -2.56. The van der Waals surface area contributed by atoms with Gasteiger partial charge in [-0.3, -0.25) is 19.2 Å². The lowest BCUT2D eigenvalue weighted by Gasteiger charge is -2.36. The maximum Gasteiger partial charge on any atom is 0.273 e. The summed E-state index contributed by atoms with van der Waals surface area (Å²) in [5.74, 6) is -6.19. The molecule has 2 fully saturated rings. The molecule has 3 aliphatic rings. The highest BCUT2D eigenvalue weighted by molar-refractivity contribution is 6.66. The van der Waals surface area contributed by atoms with Crippen LogP contribution in [0.5, 0.6) is 0 Å². The number of hydrazine groups is 1. The van der Waals surface area contributed by atoms with E-state index in [2.05, 4.69) is 0 Å². The summed E-state index contributed by atoms with van der Waals surface area (Å²) in [6.45, 7) is 3.06. The van der Waals surface area contributed by atoms with Gasteiger partial charge >= 0.3 is 0 Å². The Morgan fingerprint density at radius 1 is 0.795 bits per heavy atom. The van der Waals surface area contributed by atoms with Crippen LogP contribution in [0.15, 0.2) is 52.5 Å². The first-order valence-electron chi connectivity index (χ1n) is 11.5. The first-order valence-corrected chi connectivity index (χ1v) is 14.1. The van der Waals surface area contributed by atoms with Crippen molar-refractivity contribution in [3.8, 4) is 0 Å². The second-order valence-corrected chi connectivity index (χ2v) is 13.4. The number of halogens is 7. The molecule has 39 heavy (non-hydrogen) atoms. The van der Waals surface area contributed by atoms with E-state index >= 15 is 0 Å². The lowest BCUT2D eigenvalue weighted by molar-refractivity contribution is -0.154. The Morgan fingerprint density at radius 3 is 1.77 bits per heavy atom. The van der Waals surface area contributed by atoms with Crippen LogP contribution < -0.4 is 0 Å². The van der Waals surface area contributed by atoms with Gasteiger partial charge in [-0.25, -0.2) is 5.01 Å². The third-order valence-corrected chi connectivity index (χ3v) is 12.1. The zero-order valence-corrected chi connectivity index (χ0v) is 25.4. The number of amides is 3. The number of carbonyl (C=O) groups excluding carboxylic acids is 4. The van der Waals surface area contributed by atoms with E-state index in [4.69, 9.17) is 81.2 Å². The van der Waals surface area contributed by atoms with Crippen LogP contribution in [-0.2, 0) is 9.59 Å². The fourth-order valence-corrected chi connectivity index (χ4v) is 8.39. The molecule has 0 spiro atoms. The lowest BCUT2D eigenvalue weighted by atomic mass is 9.84. The van der Waals surface area contributed by atoms with Crippen molar-refractivity contribution in [2.75, 3.05) is 6.54 Å². The number of benzene rings is 2. The number of alkyl halides is 4. The number of imide groups is 1. The molecule has 0 aromatic heterocycles. The number of hydrogen-bond acceptors (Lipinski definition) is 4. The van der Waals surface area contributed by atoms with Gasteiger partial charge in [0.1, 0.15) is 16.3 Å². The van der Waals surface area contributed by atoms with E-state index in [1.54, 1.807) is 18.2 Å². The molecule has 2 bridgehead atoms. The van der Waals surface area contributed by atoms with E-state index in [0.717, 1.165) is 16.1 Å². The summed E-state index contributed by atoms with van der Waals surface area (Å²) < 4.78 is -2.13. The Bertz CT molecular complexity index is 1460. The Labute approximate surface area is 258 Å².